The van der Waals surface area contributed by atoms with Crippen LogP contribution in [0.15, 0.2) is 28.7 Å². The van der Waals surface area contributed by atoms with Crippen LogP contribution >= 0.6 is 0 Å². The van der Waals surface area contributed by atoms with Crippen LogP contribution in [-0.2, 0) is 0 Å². The predicted molar refractivity (Wildman–Crippen MR) is 77.7 cm³/mol. The van der Waals surface area contributed by atoms with E-state index in [0.717, 1.165) is 23.6 Å². The van der Waals surface area contributed by atoms with Crippen LogP contribution in [0.25, 0.3) is 0 Å². The van der Waals surface area contributed by atoms with Crippen LogP contribution in [0.2, 0.25) is 0 Å². The quantitative estimate of drug-likeness (QED) is 0.927. The van der Waals surface area contributed by atoms with Gasteiger partial charge in [0.1, 0.15) is 11.5 Å². The molecule has 0 saturated heterocycles. The molecule has 0 radical (unpaired) electrons. The lowest BCUT2D eigenvalue weighted by Gasteiger charge is -2.16. The van der Waals surface area contributed by atoms with E-state index in [9.17, 15) is 4.79 Å². The fourth-order valence-electron chi connectivity index (χ4n) is 2.24. The predicted octanol–water partition coefficient (Wildman–Crippen LogP) is 3.48. The average molecular weight is 272 g/mol. The highest BCUT2D eigenvalue weighted by atomic mass is 16.3. The molecule has 4 heteroatoms. The molecule has 0 aliphatic rings. The van der Waals surface area contributed by atoms with Crippen molar-refractivity contribution in [2.24, 2.45) is 0 Å². The highest BCUT2D eigenvalue weighted by Crippen LogP contribution is 2.18. The summed E-state index contributed by atoms with van der Waals surface area (Å²) in [7, 11) is 0. The van der Waals surface area contributed by atoms with Gasteiger partial charge in [-0.25, -0.2) is 0 Å². The number of pyridine rings is 1. The zero-order valence-corrected chi connectivity index (χ0v) is 12.4. The highest BCUT2D eigenvalue weighted by molar-refractivity contribution is 5.95. The highest BCUT2D eigenvalue weighted by Gasteiger charge is 2.18. The zero-order chi connectivity index (χ0) is 14.7. The van der Waals surface area contributed by atoms with Crippen LogP contribution in [0.4, 0.5) is 0 Å². The minimum atomic E-state index is -0.116. The first-order valence-corrected chi connectivity index (χ1v) is 6.82. The summed E-state index contributed by atoms with van der Waals surface area (Å²) in [5.41, 5.74) is 2.43. The number of amides is 1. The first-order chi connectivity index (χ1) is 9.51. The summed E-state index contributed by atoms with van der Waals surface area (Å²) in [6.45, 7) is 7.61. The molecule has 2 aromatic heterocycles. The van der Waals surface area contributed by atoms with Gasteiger partial charge >= 0.3 is 0 Å². The second-order valence-electron chi connectivity index (χ2n) is 4.97. The van der Waals surface area contributed by atoms with Crippen LogP contribution in [0, 0.1) is 20.8 Å². The second-order valence-corrected chi connectivity index (χ2v) is 4.97. The van der Waals surface area contributed by atoms with Gasteiger partial charge in [0.15, 0.2) is 0 Å². The Kier molecular flexibility index (Phi) is 4.23. The van der Waals surface area contributed by atoms with E-state index in [0.29, 0.717) is 11.3 Å². The lowest BCUT2D eigenvalue weighted by atomic mass is 10.1. The van der Waals surface area contributed by atoms with Gasteiger partial charge in [-0.15, -0.1) is 0 Å². The molecule has 2 rings (SSSR count). The van der Waals surface area contributed by atoms with Crippen LogP contribution < -0.4 is 5.32 Å². The van der Waals surface area contributed by atoms with E-state index in [-0.39, 0.29) is 11.9 Å². The maximum Gasteiger partial charge on any atom is 0.255 e. The molecule has 2 heterocycles. The summed E-state index contributed by atoms with van der Waals surface area (Å²) in [6, 6.07) is 7.52. The third-order valence-corrected chi connectivity index (χ3v) is 3.27. The van der Waals surface area contributed by atoms with E-state index in [2.05, 4.69) is 10.3 Å². The molecular formula is C16H20N2O2. The Hall–Kier alpha value is -2.10. The van der Waals surface area contributed by atoms with Crippen molar-refractivity contribution in [3.05, 3.63) is 52.7 Å². The van der Waals surface area contributed by atoms with Crippen molar-refractivity contribution in [3.63, 3.8) is 0 Å². The van der Waals surface area contributed by atoms with Gasteiger partial charge in [0.05, 0.1) is 17.3 Å². The first kappa shape index (κ1) is 14.3. The SMILES string of the molecule is CC[C@H](NC(=O)c1cc(C)oc1C)c1cccc(C)n1. The summed E-state index contributed by atoms with van der Waals surface area (Å²) < 4.78 is 5.40. The van der Waals surface area contributed by atoms with Crippen LogP contribution in [-0.4, -0.2) is 10.9 Å². The summed E-state index contributed by atoms with van der Waals surface area (Å²) in [6.07, 6.45) is 0.790. The number of rotatable bonds is 4. The maximum atomic E-state index is 12.3. The molecule has 20 heavy (non-hydrogen) atoms. The number of aryl methyl sites for hydroxylation is 3. The van der Waals surface area contributed by atoms with Gasteiger partial charge in [-0.1, -0.05) is 13.0 Å². The van der Waals surface area contributed by atoms with Crippen LogP contribution in [0.5, 0.6) is 0 Å². The number of nitrogens with zero attached hydrogens (tertiary/aromatic N) is 1. The van der Waals surface area contributed by atoms with Gasteiger partial charge in [-0.3, -0.25) is 9.78 Å². The molecule has 4 nitrogen and oxygen atoms in total. The Labute approximate surface area is 119 Å². The summed E-state index contributed by atoms with van der Waals surface area (Å²) in [4.78, 5) is 16.8. The van der Waals surface area contributed by atoms with E-state index in [1.807, 2.05) is 39.0 Å². The second kappa shape index (κ2) is 5.90. The molecule has 106 valence electrons. The largest absolute Gasteiger partial charge is 0.466 e. The summed E-state index contributed by atoms with van der Waals surface area (Å²) >= 11 is 0. The Bertz CT molecular complexity index is 617. The standard InChI is InChI=1S/C16H20N2O2/c1-5-14(15-8-6-7-10(2)17-15)18-16(19)13-9-11(3)20-12(13)4/h6-9,14H,5H2,1-4H3,(H,18,19)/t14-/m0/s1. The van der Waals surface area contributed by atoms with Gasteiger partial charge in [-0.2, -0.15) is 0 Å². The summed E-state index contributed by atoms with van der Waals surface area (Å²) in [5, 5.41) is 3.02. The van der Waals surface area contributed by atoms with Crippen molar-refractivity contribution in [3.8, 4) is 0 Å². The molecule has 0 fully saturated rings. The smallest absolute Gasteiger partial charge is 0.255 e. The monoisotopic (exact) mass is 272 g/mol. The molecule has 2 aromatic rings. The van der Waals surface area contributed by atoms with Crippen LogP contribution in [0.1, 0.15) is 52.7 Å². The molecule has 0 unspecified atom stereocenters. The van der Waals surface area contributed by atoms with Crippen LogP contribution in [0.3, 0.4) is 0 Å². The molecule has 1 N–H and O–H groups in total. The lowest BCUT2D eigenvalue weighted by Crippen LogP contribution is -2.29. The molecule has 0 bridgehead atoms. The van der Waals surface area contributed by atoms with Crippen molar-refractivity contribution >= 4 is 5.91 Å². The van der Waals surface area contributed by atoms with Gasteiger partial charge in [-0.05, 0) is 45.4 Å². The molecular weight excluding hydrogens is 252 g/mol. The molecule has 1 amide bonds. The number of furan rings is 1. The molecule has 0 aliphatic heterocycles. The van der Waals surface area contributed by atoms with Crippen molar-refractivity contribution < 1.29 is 9.21 Å². The van der Waals surface area contributed by atoms with E-state index in [1.165, 1.54) is 0 Å². The summed E-state index contributed by atoms with van der Waals surface area (Å²) in [5.74, 6) is 1.27. The third kappa shape index (κ3) is 3.07. The Morgan fingerprint density at radius 3 is 2.65 bits per heavy atom. The molecule has 0 saturated carbocycles. The molecule has 0 aliphatic carbocycles. The van der Waals surface area contributed by atoms with Crippen molar-refractivity contribution in [2.75, 3.05) is 0 Å². The van der Waals surface area contributed by atoms with Gasteiger partial charge in [0.2, 0.25) is 0 Å². The maximum absolute atomic E-state index is 12.3. The van der Waals surface area contributed by atoms with Crippen molar-refractivity contribution in [1.29, 1.82) is 0 Å². The molecule has 0 spiro atoms. The van der Waals surface area contributed by atoms with E-state index in [4.69, 9.17) is 4.42 Å². The number of nitrogens with one attached hydrogen (secondary N) is 1. The fourth-order valence-corrected chi connectivity index (χ4v) is 2.24. The first-order valence-electron chi connectivity index (χ1n) is 6.82. The van der Waals surface area contributed by atoms with Crippen molar-refractivity contribution in [2.45, 2.75) is 40.2 Å². The average Bonchev–Trinajstić information content (AvgIpc) is 2.75. The Morgan fingerprint density at radius 2 is 2.10 bits per heavy atom. The van der Waals surface area contributed by atoms with Gasteiger partial charge in [0, 0.05) is 5.69 Å². The van der Waals surface area contributed by atoms with Gasteiger partial charge in [0.25, 0.3) is 5.91 Å². The number of hydrogen-bond acceptors (Lipinski definition) is 3. The van der Waals surface area contributed by atoms with E-state index in [1.54, 1.807) is 13.0 Å². The van der Waals surface area contributed by atoms with Gasteiger partial charge < -0.3 is 9.73 Å². The number of carbonyl (C=O) groups excluding carboxylic acids is 1. The van der Waals surface area contributed by atoms with E-state index >= 15 is 0 Å². The fraction of sp³-hybridized carbons (Fsp3) is 0.375. The topological polar surface area (TPSA) is 55.1 Å². The third-order valence-electron chi connectivity index (χ3n) is 3.27. The lowest BCUT2D eigenvalue weighted by molar-refractivity contribution is 0.0933. The van der Waals surface area contributed by atoms with Crippen molar-refractivity contribution in [1.82, 2.24) is 10.3 Å². The Balaban J connectivity index is 2.18. The molecule has 1 atom stereocenters. The number of carbonyl (C=O) groups is 1. The number of hydrogen-bond donors (Lipinski definition) is 1. The normalized spacial score (nSPS) is 12.2. The number of aromatic nitrogens is 1. The molecule has 0 aromatic carbocycles. The van der Waals surface area contributed by atoms with E-state index < -0.39 is 0 Å². The minimum Gasteiger partial charge on any atom is -0.466 e. The minimum absolute atomic E-state index is 0.0861. The zero-order valence-electron chi connectivity index (χ0n) is 12.4. The Morgan fingerprint density at radius 1 is 1.35 bits per heavy atom.